The van der Waals surface area contributed by atoms with Gasteiger partial charge in [0, 0.05) is 16.1 Å². The number of Topliss-reactive ketones (excluding diaryl/α,β-unsaturated/α-hetero) is 2. The fourth-order valence-electron chi connectivity index (χ4n) is 3.27. The molecule has 4 nitrogen and oxygen atoms in total. The Balaban J connectivity index is 1.63. The van der Waals surface area contributed by atoms with E-state index in [1.54, 1.807) is 54.6 Å². The third-order valence-electron chi connectivity index (χ3n) is 4.76. The molecule has 0 aromatic heterocycles. The van der Waals surface area contributed by atoms with Gasteiger partial charge in [-0.2, -0.15) is 0 Å². The van der Waals surface area contributed by atoms with Crippen LogP contribution < -0.4 is 9.47 Å². The Morgan fingerprint density at radius 1 is 0.967 bits per heavy atom. The first kappa shape index (κ1) is 20.4. The summed E-state index contributed by atoms with van der Waals surface area (Å²) < 4.78 is 12.1. The van der Waals surface area contributed by atoms with Crippen LogP contribution in [0.3, 0.4) is 0 Å². The summed E-state index contributed by atoms with van der Waals surface area (Å²) in [6.07, 6.45) is 1.58. The number of ether oxygens (including phenoxy) is 2. The van der Waals surface area contributed by atoms with Crippen LogP contribution in [0.4, 0.5) is 0 Å². The molecular formula is C24H16BrClO4. The van der Waals surface area contributed by atoms with E-state index in [-0.39, 0.29) is 17.1 Å². The third-order valence-corrected chi connectivity index (χ3v) is 5.61. The highest BCUT2D eigenvalue weighted by molar-refractivity contribution is 9.10. The maximum atomic E-state index is 12.6. The van der Waals surface area contributed by atoms with Crippen molar-refractivity contribution in [2.24, 2.45) is 0 Å². The Morgan fingerprint density at radius 2 is 1.60 bits per heavy atom. The van der Waals surface area contributed by atoms with Gasteiger partial charge in [0.25, 0.3) is 0 Å². The molecule has 0 saturated carbocycles. The molecule has 0 amide bonds. The van der Waals surface area contributed by atoms with Crippen LogP contribution in [-0.4, -0.2) is 18.7 Å². The Morgan fingerprint density at radius 3 is 2.20 bits per heavy atom. The van der Waals surface area contributed by atoms with E-state index in [1.165, 1.54) is 7.11 Å². The molecule has 30 heavy (non-hydrogen) atoms. The molecule has 0 atom stereocenters. The SMILES string of the molecule is COc1cc(C=C2C(=O)c3ccccc3C2=O)cc(Br)c1OCc1ccc(Cl)cc1. The normalized spacial score (nSPS) is 12.7. The minimum absolute atomic E-state index is 0.139. The molecule has 0 saturated heterocycles. The summed E-state index contributed by atoms with van der Waals surface area (Å²) >= 11 is 9.42. The number of methoxy groups -OCH3 is 1. The van der Waals surface area contributed by atoms with Crippen molar-refractivity contribution in [1.82, 2.24) is 0 Å². The van der Waals surface area contributed by atoms with Crippen molar-refractivity contribution < 1.29 is 19.1 Å². The fourth-order valence-corrected chi connectivity index (χ4v) is 3.97. The van der Waals surface area contributed by atoms with Gasteiger partial charge in [0.15, 0.2) is 23.1 Å². The number of carbonyl (C=O) groups is 2. The number of fused-ring (bicyclic) bond motifs is 1. The number of ketones is 2. The van der Waals surface area contributed by atoms with Gasteiger partial charge in [0.2, 0.25) is 0 Å². The maximum Gasteiger partial charge on any atom is 0.197 e. The number of allylic oxidation sites excluding steroid dienone is 1. The summed E-state index contributed by atoms with van der Waals surface area (Å²) in [5.74, 6) is 0.477. The zero-order chi connectivity index (χ0) is 21.3. The second kappa shape index (κ2) is 8.46. The van der Waals surface area contributed by atoms with Crippen LogP contribution in [0, 0.1) is 0 Å². The maximum absolute atomic E-state index is 12.6. The van der Waals surface area contributed by atoms with Crippen LogP contribution in [0.5, 0.6) is 11.5 Å². The predicted molar refractivity (Wildman–Crippen MR) is 120 cm³/mol. The standard InChI is InChI=1S/C24H16BrClO4/c1-29-21-12-15(10-19-22(27)17-4-2-3-5-18(17)23(19)28)11-20(25)24(21)30-13-14-6-8-16(26)9-7-14/h2-12H,13H2,1H3. The molecule has 3 aromatic carbocycles. The van der Waals surface area contributed by atoms with E-state index < -0.39 is 0 Å². The van der Waals surface area contributed by atoms with Crippen LogP contribution in [0.15, 0.2) is 70.7 Å². The minimum atomic E-state index is -0.270. The van der Waals surface area contributed by atoms with Crippen LogP contribution in [0.1, 0.15) is 31.8 Å². The molecule has 0 unspecified atom stereocenters. The van der Waals surface area contributed by atoms with Crippen molar-refractivity contribution in [2.75, 3.05) is 7.11 Å². The lowest BCUT2D eigenvalue weighted by atomic mass is 10.1. The van der Waals surface area contributed by atoms with E-state index in [0.717, 1.165) is 5.56 Å². The zero-order valence-corrected chi connectivity index (χ0v) is 18.3. The molecule has 3 aromatic rings. The van der Waals surface area contributed by atoms with Gasteiger partial charge in [0.1, 0.15) is 6.61 Å². The minimum Gasteiger partial charge on any atom is -0.493 e. The van der Waals surface area contributed by atoms with Crippen molar-refractivity contribution in [1.29, 1.82) is 0 Å². The Bertz CT molecular complexity index is 1150. The highest BCUT2D eigenvalue weighted by atomic mass is 79.9. The van der Waals surface area contributed by atoms with Gasteiger partial charge in [-0.15, -0.1) is 0 Å². The molecule has 1 aliphatic carbocycles. The Kier molecular flexibility index (Phi) is 5.75. The Hall–Kier alpha value is -2.89. The van der Waals surface area contributed by atoms with Crippen molar-refractivity contribution in [2.45, 2.75) is 6.61 Å². The van der Waals surface area contributed by atoms with Gasteiger partial charge in [-0.1, -0.05) is 48.0 Å². The molecule has 0 fully saturated rings. The van der Waals surface area contributed by atoms with Gasteiger partial charge in [-0.3, -0.25) is 9.59 Å². The number of hydrogen-bond donors (Lipinski definition) is 0. The summed E-state index contributed by atoms with van der Waals surface area (Å²) in [6, 6.07) is 17.7. The van der Waals surface area contributed by atoms with Crippen LogP contribution >= 0.6 is 27.5 Å². The lowest BCUT2D eigenvalue weighted by Crippen LogP contribution is -2.01. The Labute approximate surface area is 187 Å². The topological polar surface area (TPSA) is 52.6 Å². The van der Waals surface area contributed by atoms with Gasteiger partial charge >= 0.3 is 0 Å². The highest BCUT2D eigenvalue weighted by Gasteiger charge is 2.32. The molecule has 0 N–H and O–H groups in total. The quantitative estimate of drug-likeness (QED) is 0.322. The number of hydrogen-bond acceptors (Lipinski definition) is 4. The van der Waals surface area contributed by atoms with Crippen LogP contribution in [0.2, 0.25) is 5.02 Å². The second-order valence-corrected chi connectivity index (χ2v) is 8.00. The average molecular weight is 484 g/mol. The van der Waals surface area contributed by atoms with Crippen LogP contribution in [-0.2, 0) is 6.61 Å². The van der Waals surface area contributed by atoms with E-state index in [1.807, 2.05) is 12.1 Å². The molecule has 0 aliphatic heterocycles. The summed E-state index contributed by atoms with van der Waals surface area (Å²) in [5, 5.41) is 0.660. The molecule has 0 radical (unpaired) electrons. The molecule has 4 rings (SSSR count). The molecule has 1 aliphatic rings. The van der Waals surface area contributed by atoms with Gasteiger partial charge in [-0.25, -0.2) is 0 Å². The molecule has 0 bridgehead atoms. The molecule has 0 spiro atoms. The number of benzene rings is 3. The van der Waals surface area contributed by atoms with Crippen LogP contribution in [0.25, 0.3) is 6.08 Å². The molecule has 0 heterocycles. The van der Waals surface area contributed by atoms with E-state index in [0.29, 0.717) is 44.3 Å². The first-order valence-electron chi connectivity index (χ1n) is 9.13. The van der Waals surface area contributed by atoms with E-state index in [4.69, 9.17) is 21.1 Å². The van der Waals surface area contributed by atoms with Crippen molar-refractivity contribution in [3.8, 4) is 11.5 Å². The number of rotatable bonds is 5. The summed E-state index contributed by atoms with van der Waals surface area (Å²) in [4.78, 5) is 25.3. The van der Waals surface area contributed by atoms with Gasteiger partial charge in [0.05, 0.1) is 17.2 Å². The summed E-state index contributed by atoms with van der Waals surface area (Å²) in [7, 11) is 1.54. The molecule has 6 heteroatoms. The highest BCUT2D eigenvalue weighted by Crippen LogP contribution is 2.38. The van der Waals surface area contributed by atoms with E-state index in [9.17, 15) is 9.59 Å². The lowest BCUT2D eigenvalue weighted by molar-refractivity contribution is 0.0990. The molecule has 150 valence electrons. The lowest BCUT2D eigenvalue weighted by Gasteiger charge is -2.14. The van der Waals surface area contributed by atoms with Gasteiger partial charge < -0.3 is 9.47 Å². The number of carbonyl (C=O) groups excluding carboxylic acids is 2. The summed E-state index contributed by atoms with van der Waals surface area (Å²) in [6.45, 7) is 0.332. The summed E-state index contributed by atoms with van der Waals surface area (Å²) in [5.41, 5.74) is 2.62. The first-order valence-corrected chi connectivity index (χ1v) is 10.3. The van der Waals surface area contributed by atoms with E-state index >= 15 is 0 Å². The predicted octanol–water partition coefficient (Wildman–Crippen LogP) is 6.15. The number of halogens is 2. The van der Waals surface area contributed by atoms with E-state index in [2.05, 4.69) is 15.9 Å². The fraction of sp³-hybridized carbons (Fsp3) is 0.0833. The third kappa shape index (κ3) is 3.91. The van der Waals surface area contributed by atoms with Crippen molar-refractivity contribution in [3.05, 3.63) is 98.0 Å². The smallest absolute Gasteiger partial charge is 0.197 e. The zero-order valence-electron chi connectivity index (χ0n) is 15.9. The van der Waals surface area contributed by atoms with Crippen molar-refractivity contribution >= 4 is 45.2 Å². The largest absolute Gasteiger partial charge is 0.493 e. The molecular weight excluding hydrogens is 468 g/mol. The second-order valence-electron chi connectivity index (χ2n) is 6.71. The van der Waals surface area contributed by atoms with Crippen molar-refractivity contribution in [3.63, 3.8) is 0 Å². The average Bonchev–Trinajstić information content (AvgIpc) is 2.99. The first-order chi connectivity index (χ1) is 14.5. The monoisotopic (exact) mass is 482 g/mol. The van der Waals surface area contributed by atoms with Gasteiger partial charge in [-0.05, 0) is 57.4 Å².